The smallest absolute Gasteiger partial charge is 0.186 e. The standard InChI is InChI=1S/C12H20ClN3S/c1-9(2)7-12(5-3-4-6-12)8-14-11-10(13)15-17-16-11/h9H,3-8H2,1-2H3,(H,14,16). The van der Waals surface area contributed by atoms with Crippen LogP contribution in [0.1, 0.15) is 46.0 Å². The van der Waals surface area contributed by atoms with Crippen molar-refractivity contribution >= 4 is 29.1 Å². The van der Waals surface area contributed by atoms with E-state index in [0.29, 0.717) is 10.6 Å². The molecule has 0 unspecified atom stereocenters. The van der Waals surface area contributed by atoms with Crippen molar-refractivity contribution < 1.29 is 0 Å². The van der Waals surface area contributed by atoms with Crippen LogP contribution >= 0.6 is 23.3 Å². The van der Waals surface area contributed by atoms with Gasteiger partial charge in [0.15, 0.2) is 11.0 Å². The zero-order valence-electron chi connectivity index (χ0n) is 10.5. The SMILES string of the molecule is CC(C)CC1(CNc2nsnc2Cl)CCCC1. The molecule has 1 saturated carbocycles. The summed E-state index contributed by atoms with van der Waals surface area (Å²) < 4.78 is 8.15. The molecular weight excluding hydrogens is 254 g/mol. The molecule has 1 aliphatic rings. The van der Waals surface area contributed by atoms with Gasteiger partial charge >= 0.3 is 0 Å². The third-order valence-corrected chi connectivity index (χ3v) is 4.48. The van der Waals surface area contributed by atoms with Crippen LogP contribution in [0.5, 0.6) is 0 Å². The zero-order valence-corrected chi connectivity index (χ0v) is 12.1. The van der Waals surface area contributed by atoms with Gasteiger partial charge in [0.25, 0.3) is 0 Å². The molecule has 0 atom stereocenters. The first-order valence-electron chi connectivity index (χ1n) is 6.33. The number of rotatable bonds is 5. The van der Waals surface area contributed by atoms with Gasteiger partial charge in [-0.15, -0.1) is 0 Å². The molecule has 0 aliphatic heterocycles. The Labute approximate surface area is 112 Å². The van der Waals surface area contributed by atoms with Crippen molar-refractivity contribution in [2.75, 3.05) is 11.9 Å². The molecule has 1 aliphatic carbocycles. The van der Waals surface area contributed by atoms with E-state index in [0.717, 1.165) is 18.3 Å². The fraction of sp³-hybridized carbons (Fsp3) is 0.833. The summed E-state index contributed by atoms with van der Waals surface area (Å²) in [6.07, 6.45) is 6.66. The minimum atomic E-state index is 0.446. The van der Waals surface area contributed by atoms with Crippen molar-refractivity contribution in [2.45, 2.75) is 46.0 Å². The minimum absolute atomic E-state index is 0.446. The number of anilines is 1. The summed E-state index contributed by atoms with van der Waals surface area (Å²) >= 11 is 7.12. The second-order valence-electron chi connectivity index (χ2n) is 5.56. The summed E-state index contributed by atoms with van der Waals surface area (Å²) in [6.45, 7) is 5.59. The fourth-order valence-electron chi connectivity index (χ4n) is 3.00. The van der Waals surface area contributed by atoms with Crippen LogP contribution < -0.4 is 5.32 Å². The van der Waals surface area contributed by atoms with E-state index in [1.807, 2.05) is 0 Å². The predicted molar refractivity (Wildman–Crippen MR) is 73.8 cm³/mol. The lowest BCUT2D eigenvalue weighted by molar-refractivity contribution is 0.252. The molecule has 1 N–H and O–H groups in total. The Morgan fingerprint density at radius 2 is 2.06 bits per heavy atom. The number of halogens is 1. The third-order valence-electron chi connectivity index (χ3n) is 3.58. The highest BCUT2D eigenvalue weighted by Crippen LogP contribution is 2.43. The van der Waals surface area contributed by atoms with E-state index in [1.165, 1.54) is 43.8 Å². The number of hydrogen-bond donors (Lipinski definition) is 1. The molecule has 0 radical (unpaired) electrons. The maximum absolute atomic E-state index is 5.95. The van der Waals surface area contributed by atoms with Crippen molar-refractivity contribution in [2.24, 2.45) is 11.3 Å². The van der Waals surface area contributed by atoms with Crippen LogP contribution in [-0.2, 0) is 0 Å². The molecular formula is C12H20ClN3S. The van der Waals surface area contributed by atoms with Gasteiger partial charge in [-0.3, -0.25) is 0 Å². The number of aromatic nitrogens is 2. The van der Waals surface area contributed by atoms with Gasteiger partial charge in [0.1, 0.15) is 0 Å². The molecule has 0 amide bonds. The average Bonchev–Trinajstić information content (AvgIpc) is 2.85. The van der Waals surface area contributed by atoms with Gasteiger partial charge in [0.2, 0.25) is 0 Å². The second kappa shape index (κ2) is 5.53. The zero-order chi connectivity index (χ0) is 12.3. The van der Waals surface area contributed by atoms with E-state index in [1.54, 1.807) is 0 Å². The van der Waals surface area contributed by atoms with Crippen molar-refractivity contribution in [1.29, 1.82) is 0 Å². The molecule has 1 aromatic heterocycles. The van der Waals surface area contributed by atoms with E-state index < -0.39 is 0 Å². The quantitative estimate of drug-likeness (QED) is 0.873. The molecule has 1 fully saturated rings. The second-order valence-corrected chi connectivity index (χ2v) is 6.45. The molecule has 1 aromatic rings. The normalized spacial score (nSPS) is 18.8. The summed E-state index contributed by atoms with van der Waals surface area (Å²) in [5.41, 5.74) is 0.446. The lowest BCUT2D eigenvalue weighted by atomic mass is 9.78. The van der Waals surface area contributed by atoms with Crippen molar-refractivity contribution in [3.05, 3.63) is 5.15 Å². The number of nitrogens with one attached hydrogen (secondary N) is 1. The van der Waals surface area contributed by atoms with E-state index >= 15 is 0 Å². The maximum atomic E-state index is 5.95. The van der Waals surface area contributed by atoms with Crippen LogP contribution in [0, 0.1) is 11.3 Å². The minimum Gasteiger partial charge on any atom is -0.366 e. The van der Waals surface area contributed by atoms with Crippen LogP contribution in [0.4, 0.5) is 5.82 Å². The van der Waals surface area contributed by atoms with Crippen LogP contribution in [0.3, 0.4) is 0 Å². The Balaban J connectivity index is 1.96. The van der Waals surface area contributed by atoms with E-state index in [4.69, 9.17) is 11.6 Å². The summed E-state index contributed by atoms with van der Waals surface area (Å²) in [5, 5.41) is 3.89. The topological polar surface area (TPSA) is 37.8 Å². The van der Waals surface area contributed by atoms with Gasteiger partial charge < -0.3 is 5.32 Å². The molecule has 0 bridgehead atoms. The molecule has 96 valence electrons. The molecule has 17 heavy (non-hydrogen) atoms. The van der Waals surface area contributed by atoms with Gasteiger partial charge in [0.05, 0.1) is 11.7 Å². The molecule has 0 saturated heterocycles. The Hall–Kier alpha value is -0.350. The van der Waals surface area contributed by atoms with Crippen LogP contribution in [0.2, 0.25) is 5.15 Å². The van der Waals surface area contributed by atoms with Gasteiger partial charge in [-0.05, 0) is 30.6 Å². The molecule has 5 heteroatoms. The molecule has 3 nitrogen and oxygen atoms in total. The molecule has 1 heterocycles. The van der Waals surface area contributed by atoms with Gasteiger partial charge in [-0.25, -0.2) is 0 Å². The summed E-state index contributed by atoms with van der Waals surface area (Å²) in [6, 6.07) is 0. The lowest BCUT2D eigenvalue weighted by Gasteiger charge is -2.31. The summed E-state index contributed by atoms with van der Waals surface area (Å²) in [4.78, 5) is 0. The molecule has 0 spiro atoms. The Kier molecular flexibility index (Phi) is 4.26. The van der Waals surface area contributed by atoms with E-state index in [9.17, 15) is 0 Å². The number of hydrogen-bond acceptors (Lipinski definition) is 4. The van der Waals surface area contributed by atoms with Gasteiger partial charge in [-0.1, -0.05) is 38.3 Å². The fourth-order valence-corrected chi connectivity index (χ4v) is 3.68. The molecule has 2 rings (SSSR count). The van der Waals surface area contributed by atoms with Crippen LogP contribution in [0.15, 0.2) is 0 Å². The van der Waals surface area contributed by atoms with E-state index in [-0.39, 0.29) is 0 Å². The largest absolute Gasteiger partial charge is 0.366 e. The lowest BCUT2D eigenvalue weighted by Crippen LogP contribution is -2.28. The highest BCUT2D eigenvalue weighted by Gasteiger charge is 2.34. The van der Waals surface area contributed by atoms with Crippen LogP contribution in [0.25, 0.3) is 0 Å². The number of nitrogens with zero attached hydrogens (tertiary/aromatic N) is 2. The van der Waals surface area contributed by atoms with Crippen LogP contribution in [-0.4, -0.2) is 15.3 Å². The Morgan fingerprint density at radius 3 is 2.59 bits per heavy atom. The summed E-state index contributed by atoms with van der Waals surface area (Å²) in [7, 11) is 0. The highest BCUT2D eigenvalue weighted by atomic mass is 35.5. The van der Waals surface area contributed by atoms with Crippen molar-refractivity contribution in [3.8, 4) is 0 Å². The maximum Gasteiger partial charge on any atom is 0.186 e. The Morgan fingerprint density at radius 1 is 1.35 bits per heavy atom. The third kappa shape index (κ3) is 3.32. The first-order chi connectivity index (χ1) is 8.11. The van der Waals surface area contributed by atoms with Crippen molar-refractivity contribution in [1.82, 2.24) is 8.75 Å². The average molecular weight is 274 g/mol. The predicted octanol–water partition coefficient (Wildman–Crippen LogP) is 4.21. The first-order valence-corrected chi connectivity index (χ1v) is 7.44. The van der Waals surface area contributed by atoms with E-state index in [2.05, 4.69) is 27.9 Å². The molecule has 0 aromatic carbocycles. The van der Waals surface area contributed by atoms with Crippen molar-refractivity contribution in [3.63, 3.8) is 0 Å². The first kappa shape index (κ1) is 13.1. The Bertz CT molecular complexity index is 358. The highest BCUT2D eigenvalue weighted by molar-refractivity contribution is 6.99. The monoisotopic (exact) mass is 273 g/mol. The van der Waals surface area contributed by atoms with Gasteiger partial charge in [-0.2, -0.15) is 8.75 Å². The van der Waals surface area contributed by atoms with Gasteiger partial charge in [0, 0.05) is 6.54 Å². The summed E-state index contributed by atoms with van der Waals surface area (Å²) in [5.74, 6) is 1.51.